The van der Waals surface area contributed by atoms with E-state index in [9.17, 15) is 4.39 Å². The van der Waals surface area contributed by atoms with Crippen molar-refractivity contribution in [3.05, 3.63) is 71.9 Å². The van der Waals surface area contributed by atoms with Gasteiger partial charge in [0.05, 0.1) is 5.69 Å². The summed E-state index contributed by atoms with van der Waals surface area (Å²) in [5.41, 5.74) is 3.92. The van der Waals surface area contributed by atoms with E-state index in [1.54, 1.807) is 24.5 Å². The van der Waals surface area contributed by atoms with E-state index in [1.807, 2.05) is 18.2 Å². The van der Waals surface area contributed by atoms with Gasteiger partial charge >= 0.3 is 0 Å². The molecule has 2 N–H and O–H groups in total. The van der Waals surface area contributed by atoms with Crippen LogP contribution in [0, 0.1) is 5.82 Å². The highest BCUT2D eigenvalue weighted by atomic mass is 19.1. The first-order chi connectivity index (χ1) is 12.3. The zero-order valence-corrected chi connectivity index (χ0v) is 13.8. The van der Waals surface area contributed by atoms with Crippen molar-refractivity contribution in [3.63, 3.8) is 0 Å². The zero-order chi connectivity index (χ0) is 17.1. The lowest BCUT2D eigenvalue weighted by atomic mass is 10.0. The topological polar surface area (TPSA) is 56.8 Å². The molecule has 1 saturated heterocycles. The highest BCUT2D eigenvalue weighted by molar-refractivity contribution is 5.57. The Kier molecular flexibility index (Phi) is 4.54. The quantitative estimate of drug-likeness (QED) is 0.769. The van der Waals surface area contributed by atoms with Crippen LogP contribution in [0.3, 0.4) is 0 Å². The molecule has 0 aliphatic carbocycles. The van der Waals surface area contributed by atoms with Crippen LogP contribution in [0.2, 0.25) is 0 Å². The summed E-state index contributed by atoms with van der Waals surface area (Å²) < 4.78 is 13.6. The minimum Gasteiger partial charge on any atom is -0.314 e. The first kappa shape index (κ1) is 15.9. The fraction of sp³-hybridized carbons (Fsp3) is 0.263. The first-order valence-electron chi connectivity index (χ1n) is 8.44. The molecule has 128 valence electrons. The van der Waals surface area contributed by atoms with Crippen molar-refractivity contribution in [2.75, 3.05) is 19.6 Å². The van der Waals surface area contributed by atoms with Crippen LogP contribution >= 0.6 is 0 Å². The SMILES string of the molecule is Fc1cccc(C2CNCCN2Cc2cc(-c3cccnc3)n[nH]2)c1. The van der Waals surface area contributed by atoms with E-state index in [4.69, 9.17) is 0 Å². The summed E-state index contributed by atoms with van der Waals surface area (Å²) in [4.78, 5) is 6.49. The van der Waals surface area contributed by atoms with Gasteiger partial charge in [0.1, 0.15) is 5.82 Å². The Morgan fingerprint density at radius 3 is 3.00 bits per heavy atom. The van der Waals surface area contributed by atoms with Crippen molar-refractivity contribution in [2.45, 2.75) is 12.6 Å². The summed E-state index contributed by atoms with van der Waals surface area (Å²) in [5.74, 6) is -0.191. The normalized spacial score (nSPS) is 18.4. The Hall–Kier alpha value is -2.57. The van der Waals surface area contributed by atoms with Gasteiger partial charge in [0.25, 0.3) is 0 Å². The molecule has 6 heteroatoms. The average Bonchev–Trinajstić information content (AvgIpc) is 3.11. The van der Waals surface area contributed by atoms with Gasteiger partial charge in [0.2, 0.25) is 0 Å². The van der Waals surface area contributed by atoms with Crippen molar-refractivity contribution >= 4 is 0 Å². The molecule has 1 aliphatic heterocycles. The van der Waals surface area contributed by atoms with Gasteiger partial charge in [0.15, 0.2) is 0 Å². The van der Waals surface area contributed by atoms with E-state index in [0.29, 0.717) is 0 Å². The van der Waals surface area contributed by atoms with Gasteiger partial charge in [0, 0.05) is 55.9 Å². The number of halogens is 1. The Labute approximate surface area is 145 Å². The molecule has 0 radical (unpaired) electrons. The summed E-state index contributed by atoms with van der Waals surface area (Å²) in [6.07, 6.45) is 3.56. The van der Waals surface area contributed by atoms with Crippen LogP contribution in [0.15, 0.2) is 54.9 Å². The van der Waals surface area contributed by atoms with Gasteiger partial charge in [-0.2, -0.15) is 5.10 Å². The molecular weight excluding hydrogens is 317 g/mol. The molecule has 2 aromatic heterocycles. The van der Waals surface area contributed by atoms with Crippen LogP contribution in [0.5, 0.6) is 0 Å². The van der Waals surface area contributed by atoms with Crippen LogP contribution in [0.1, 0.15) is 17.3 Å². The predicted molar refractivity (Wildman–Crippen MR) is 94.2 cm³/mol. The summed E-state index contributed by atoms with van der Waals surface area (Å²) in [6, 6.07) is 13.0. The van der Waals surface area contributed by atoms with E-state index >= 15 is 0 Å². The van der Waals surface area contributed by atoms with Gasteiger partial charge in [-0.15, -0.1) is 0 Å². The van der Waals surface area contributed by atoms with Crippen LogP contribution in [0.4, 0.5) is 4.39 Å². The molecule has 3 aromatic rings. The third-order valence-electron chi connectivity index (χ3n) is 4.55. The van der Waals surface area contributed by atoms with Crippen LogP contribution in [-0.4, -0.2) is 39.7 Å². The Balaban J connectivity index is 1.53. The molecule has 25 heavy (non-hydrogen) atoms. The van der Waals surface area contributed by atoms with Gasteiger partial charge in [-0.1, -0.05) is 12.1 Å². The minimum absolute atomic E-state index is 0.148. The van der Waals surface area contributed by atoms with Crippen LogP contribution in [0.25, 0.3) is 11.3 Å². The third-order valence-corrected chi connectivity index (χ3v) is 4.55. The minimum atomic E-state index is -0.191. The fourth-order valence-corrected chi connectivity index (χ4v) is 3.30. The van der Waals surface area contributed by atoms with Crippen molar-refractivity contribution in [2.24, 2.45) is 0 Å². The number of nitrogens with zero attached hydrogens (tertiary/aromatic N) is 3. The molecule has 1 unspecified atom stereocenters. The lowest BCUT2D eigenvalue weighted by Gasteiger charge is -2.36. The molecule has 5 nitrogen and oxygen atoms in total. The molecule has 1 atom stereocenters. The van der Waals surface area contributed by atoms with E-state index in [2.05, 4.69) is 31.5 Å². The van der Waals surface area contributed by atoms with E-state index in [0.717, 1.165) is 48.7 Å². The van der Waals surface area contributed by atoms with E-state index in [1.165, 1.54) is 6.07 Å². The summed E-state index contributed by atoms with van der Waals surface area (Å²) in [6.45, 7) is 3.39. The zero-order valence-electron chi connectivity index (χ0n) is 13.8. The molecule has 1 fully saturated rings. The Morgan fingerprint density at radius 1 is 1.20 bits per heavy atom. The van der Waals surface area contributed by atoms with Gasteiger partial charge in [-0.25, -0.2) is 4.39 Å². The second-order valence-electron chi connectivity index (χ2n) is 6.27. The molecule has 1 aliphatic rings. The third kappa shape index (κ3) is 3.60. The highest BCUT2D eigenvalue weighted by Crippen LogP contribution is 2.25. The molecule has 4 rings (SSSR count). The number of H-pyrrole nitrogens is 1. The Bertz CT molecular complexity index is 833. The van der Waals surface area contributed by atoms with Crippen molar-refractivity contribution < 1.29 is 4.39 Å². The maximum absolute atomic E-state index is 13.6. The van der Waals surface area contributed by atoms with E-state index < -0.39 is 0 Å². The molecule has 0 spiro atoms. The second kappa shape index (κ2) is 7.13. The largest absolute Gasteiger partial charge is 0.314 e. The number of rotatable bonds is 4. The summed E-state index contributed by atoms with van der Waals surface area (Å²) in [7, 11) is 0. The Morgan fingerprint density at radius 2 is 2.16 bits per heavy atom. The van der Waals surface area contributed by atoms with Crippen molar-refractivity contribution in [1.29, 1.82) is 0 Å². The number of hydrogen-bond acceptors (Lipinski definition) is 4. The molecule has 0 amide bonds. The standard InChI is InChI=1S/C19H20FN5/c20-16-5-1-3-14(9-16)19-12-22-7-8-25(19)13-17-10-18(24-23-17)15-4-2-6-21-11-15/h1-6,9-11,19,22H,7-8,12-13H2,(H,23,24). The molecule has 1 aromatic carbocycles. The molecule has 3 heterocycles. The van der Waals surface area contributed by atoms with Crippen LogP contribution < -0.4 is 5.32 Å². The molecule has 0 saturated carbocycles. The second-order valence-corrected chi connectivity index (χ2v) is 6.27. The van der Waals surface area contributed by atoms with Gasteiger partial charge in [-0.05, 0) is 35.9 Å². The number of hydrogen-bond donors (Lipinski definition) is 2. The van der Waals surface area contributed by atoms with E-state index in [-0.39, 0.29) is 11.9 Å². The summed E-state index contributed by atoms with van der Waals surface area (Å²) in [5, 5.41) is 10.9. The van der Waals surface area contributed by atoms with Crippen molar-refractivity contribution in [1.82, 2.24) is 25.4 Å². The number of nitrogens with one attached hydrogen (secondary N) is 2. The average molecular weight is 337 g/mol. The van der Waals surface area contributed by atoms with Gasteiger partial charge < -0.3 is 5.32 Å². The first-order valence-corrected chi connectivity index (χ1v) is 8.44. The smallest absolute Gasteiger partial charge is 0.123 e. The molecular formula is C19H20FN5. The number of aromatic amines is 1. The number of aromatic nitrogens is 3. The summed E-state index contributed by atoms with van der Waals surface area (Å²) >= 11 is 0. The van der Waals surface area contributed by atoms with Crippen molar-refractivity contribution in [3.8, 4) is 11.3 Å². The lowest BCUT2D eigenvalue weighted by molar-refractivity contribution is 0.151. The number of pyridine rings is 1. The number of piperazine rings is 1. The maximum Gasteiger partial charge on any atom is 0.123 e. The predicted octanol–water partition coefficient (Wildman–Crippen LogP) is 2.76. The highest BCUT2D eigenvalue weighted by Gasteiger charge is 2.24. The maximum atomic E-state index is 13.6. The number of benzene rings is 1. The lowest BCUT2D eigenvalue weighted by Crippen LogP contribution is -2.45. The fourth-order valence-electron chi connectivity index (χ4n) is 3.30. The van der Waals surface area contributed by atoms with Crippen LogP contribution in [-0.2, 0) is 6.54 Å². The van der Waals surface area contributed by atoms with Gasteiger partial charge in [-0.3, -0.25) is 15.0 Å². The molecule has 0 bridgehead atoms. The monoisotopic (exact) mass is 337 g/mol.